The van der Waals surface area contributed by atoms with Crippen LogP contribution in [0.25, 0.3) is 0 Å². The number of unbranched alkanes of at least 4 members (excludes halogenated alkanes) is 7. The van der Waals surface area contributed by atoms with E-state index in [0.717, 1.165) is 12.8 Å². The summed E-state index contributed by atoms with van der Waals surface area (Å²) in [6.45, 7) is 6.56. The molecular weight excluding hydrogens is 266 g/mol. The largest absolute Gasteiger partial charge is 0.481 e. The first kappa shape index (κ1) is 19.9. The predicted octanol–water partition coefficient (Wildman–Crippen LogP) is 4.13. The molecule has 0 radical (unpaired) electrons. The molecule has 0 aromatic carbocycles. The van der Waals surface area contributed by atoms with Crippen LogP contribution in [-0.4, -0.2) is 23.5 Å². The third kappa shape index (κ3) is 13.7. The van der Waals surface area contributed by atoms with Gasteiger partial charge in [-0.25, -0.2) is 0 Å². The minimum absolute atomic E-state index is 0.0260. The summed E-state index contributed by atoms with van der Waals surface area (Å²) in [7, 11) is 0. The lowest BCUT2D eigenvalue weighted by molar-refractivity contribution is -0.139. The molecule has 4 nitrogen and oxygen atoms in total. The number of nitrogens with one attached hydrogen (secondary N) is 1. The van der Waals surface area contributed by atoms with E-state index >= 15 is 0 Å². The van der Waals surface area contributed by atoms with Crippen molar-refractivity contribution in [2.45, 2.75) is 85.0 Å². The number of hydrogen-bond donors (Lipinski definition) is 2. The van der Waals surface area contributed by atoms with E-state index in [9.17, 15) is 9.59 Å². The number of carbonyl (C=O) groups excluding carboxylic acids is 1. The molecule has 0 spiro atoms. The lowest BCUT2D eigenvalue weighted by atomic mass is 9.85. The maximum absolute atomic E-state index is 11.7. The smallest absolute Gasteiger partial charge is 0.303 e. The van der Waals surface area contributed by atoms with Gasteiger partial charge in [-0.2, -0.15) is 0 Å². The van der Waals surface area contributed by atoms with Crippen LogP contribution in [-0.2, 0) is 9.59 Å². The van der Waals surface area contributed by atoms with Crippen LogP contribution in [0, 0.1) is 5.41 Å². The van der Waals surface area contributed by atoms with Gasteiger partial charge in [0.2, 0.25) is 5.91 Å². The fraction of sp³-hybridized carbons (Fsp3) is 0.882. The van der Waals surface area contributed by atoms with Crippen molar-refractivity contribution >= 4 is 11.9 Å². The number of amides is 1. The molecule has 0 aliphatic carbocycles. The van der Waals surface area contributed by atoms with Gasteiger partial charge in [-0.3, -0.25) is 9.59 Å². The molecule has 0 heterocycles. The Morgan fingerprint density at radius 2 is 1.43 bits per heavy atom. The van der Waals surface area contributed by atoms with E-state index in [-0.39, 0.29) is 18.7 Å². The van der Waals surface area contributed by atoms with Crippen molar-refractivity contribution in [1.82, 2.24) is 5.32 Å². The average molecular weight is 299 g/mol. The van der Waals surface area contributed by atoms with Crippen molar-refractivity contribution < 1.29 is 14.7 Å². The molecule has 0 saturated carbocycles. The van der Waals surface area contributed by atoms with E-state index < -0.39 is 11.4 Å². The van der Waals surface area contributed by atoms with Crippen LogP contribution in [0.2, 0.25) is 0 Å². The van der Waals surface area contributed by atoms with Gasteiger partial charge >= 0.3 is 5.97 Å². The van der Waals surface area contributed by atoms with Crippen LogP contribution in [0.15, 0.2) is 0 Å². The number of carbonyl (C=O) groups is 2. The summed E-state index contributed by atoms with van der Waals surface area (Å²) in [6.07, 6.45) is 10.3. The van der Waals surface area contributed by atoms with Crippen LogP contribution in [0.4, 0.5) is 0 Å². The monoisotopic (exact) mass is 299 g/mol. The second-order valence-electron chi connectivity index (χ2n) is 6.74. The Balaban J connectivity index is 3.51. The number of rotatable bonds is 13. The van der Waals surface area contributed by atoms with Gasteiger partial charge in [0.15, 0.2) is 0 Å². The quantitative estimate of drug-likeness (QED) is 0.502. The molecule has 124 valence electrons. The third-order valence-corrected chi connectivity index (χ3v) is 3.62. The highest BCUT2D eigenvalue weighted by Crippen LogP contribution is 2.24. The van der Waals surface area contributed by atoms with Gasteiger partial charge in [0.05, 0.1) is 6.42 Å². The van der Waals surface area contributed by atoms with E-state index in [4.69, 9.17) is 5.11 Å². The summed E-state index contributed by atoms with van der Waals surface area (Å²) in [6, 6.07) is 0. The van der Waals surface area contributed by atoms with Crippen molar-refractivity contribution in [3.05, 3.63) is 0 Å². The van der Waals surface area contributed by atoms with Gasteiger partial charge in [0, 0.05) is 13.0 Å². The molecule has 0 fully saturated rings. The first-order valence-corrected chi connectivity index (χ1v) is 8.36. The molecule has 21 heavy (non-hydrogen) atoms. The minimum atomic E-state index is -0.851. The molecule has 0 unspecified atom stereocenters. The Labute approximate surface area is 129 Å². The fourth-order valence-electron chi connectivity index (χ4n) is 2.46. The average Bonchev–Trinajstić information content (AvgIpc) is 2.34. The van der Waals surface area contributed by atoms with Gasteiger partial charge in [0.1, 0.15) is 0 Å². The summed E-state index contributed by atoms with van der Waals surface area (Å²) in [5.74, 6) is -0.889. The highest BCUT2D eigenvalue weighted by atomic mass is 16.4. The molecule has 1 amide bonds. The molecule has 4 heteroatoms. The number of hydrogen-bond acceptors (Lipinski definition) is 2. The van der Waals surface area contributed by atoms with Crippen LogP contribution in [0.3, 0.4) is 0 Å². The minimum Gasteiger partial charge on any atom is -0.481 e. The van der Waals surface area contributed by atoms with E-state index in [1.807, 2.05) is 13.8 Å². The van der Waals surface area contributed by atoms with Crippen molar-refractivity contribution in [3.8, 4) is 0 Å². The summed E-state index contributed by atoms with van der Waals surface area (Å²) in [4.78, 5) is 22.4. The fourth-order valence-corrected chi connectivity index (χ4v) is 2.46. The number of carboxylic acids is 1. The number of carboxylic acid groups (broad SMARTS) is 1. The van der Waals surface area contributed by atoms with Gasteiger partial charge in [0.25, 0.3) is 0 Å². The Kier molecular flexibility index (Phi) is 11.0. The molecule has 0 aliphatic heterocycles. The standard InChI is InChI=1S/C17H33NO3/c1-4-5-6-7-8-9-10-11-12-18-15(19)13-17(2,3)14-16(20)21/h4-14H2,1-3H3,(H,18,19)(H,20,21). The van der Waals surface area contributed by atoms with Gasteiger partial charge < -0.3 is 10.4 Å². The molecule has 2 N–H and O–H groups in total. The van der Waals surface area contributed by atoms with Crippen molar-refractivity contribution in [2.24, 2.45) is 5.41 Å². The molecular formula is C17H33NO3. The Morgan fingerprint density at radius 3 is 1.95 bits per heavy atom. The highest BCUT2D eigenvalue weighted by Gasteiger charge is 2.24. The van der Waals surface area contributed by atoms with Crippen LogP contribution in [0.1, 0.15) is 85.0 Å². The summed E-state index contributed by atoms with van der Waals surface area (Å²) in [5.41, 5.74) is -0.477. The highest BCUT2D eigenvalue weighted by molar-refractivity contribution is 5.77. The predicted molar refractivity (Wildman–Crippen MR) is 86.3 cm³/mol. The maximum atomic E-state index is 11.7. The zero-order chi connectivity index (χ0) is 16.1. The molecule has 0 saturated heterocycles. The second-order valence-corrected chi connectivity index (χ2v) is 6.74. The molecule has 0 aromatic heterocycles. The first-order valence-electron chi connectivity index (χ1n) is 8.36. The molecule has 0 rings (SSSR count). The Morgan fingerprint density at radius 1 is 0.905 bits per heavy atom. The molecule has 0 bridgehead atoms. The summed E-state index contributed by atoms with van der Waals surface area (Å²) < 4.78 is 0. The van der Waals surface area contributed by atoms with Gasteiger partial charge in [-0.15, -0.1) is 0 Å². The lowest BCUT2D eigenvalue weighted by Gasteiger charge is -2.21. The topological polar surface area (TPSA) is 66.4 Å². The van der Waals surface area contributed by atoms with Gasteiger partial charge in [-0.1, -0.05) is 65.7 Å². The third-order valence-electron chi connectivity index (χ3n) is 3.62. The van der Waals surface area contributed by atoms with E-state index in [1.54, 1.807) is 0 Å². The van der Waals surface area contributed by atoms with Crippen LogP contribution in [0.5, 0.6) is 0 Å². The Bertz CT molecular complexity index is 300. The van der Waals surface area contributed by atoms with Gasteiger partial charge in [-0.05, 0) is 11.8 Å². The Hall–Kier alpha value is -1.06. The lowest BCUT2D eigenvalue weighted by Crippen LogP contribution is -2.30. The molecule has 0 aromatic rings. The normalized spacial score (nSPS) is 11.4. The van der Waals surface area contributed by atoms with E-state index in [0.29, 0.717) is 6.54 Å². The molecule has 0 aliphatic rings. The van der Waals surface area contributed by atoms with Crippen LogP contribution >= 0.6 is 0 Å². The van der Waals surface area contributed by atoms with Crippen molar-refractivity contribution in [3.63, 3.8) is 0 Å². The summed E-state index contributed by atoms with van der Waals surface area (Å²) >= 11 is 0. The SMILES string of the molecule is CCCCCCCCCCNC(=O)CC(C)(C)CC(=O)O. The second kappa shape index (κ2) is 11.6. The summed E-state index contributed by atoms with van der Waals surface area (Å²) in [5, 5.41) is 11.7. The zero-order valence-electron chi connectivity index (χ0n) is 14.0. The van der Waals surface area contributed by atoms with Crippen molar-refractivity contribution in [2.75, 3.05) is 6.54 Å². The molecule has 0 atom stereocenters. The van der Waals surface area contributed by atoms with Crippen molar-refractivity contribution in [1.29, 1.82) is 0 Å². The van der Waals surface area contributed by atoms with E-state index in [1.165, 1.54) is 38.5 Å². The maximum Gasteiger partial charge on any atom is 0.303 e. The van der Waals surface area contributed by atoms with E-state index in [2.05, 4.69) is 12.2 Å². The van der Waals surface area contributed by atoms with Crippen LogP contribution < -0.4 is 5.32 Å². The zero-order valence-corrected chi connectivity index (χ0v) is 14.0. The first-order chi connectivity index (χ1) is 9.87. The number of aliphatic carboxylic acids is 1.